The summed E-state index contributed by atoms with van der Waals surface area (Å²) in [6, 6.07) is 13.5. The Hall–Kier alpha value is -3.61. The van der Waals surface area contributed by atoms with E-state index in [4.69, 9.17) is 9.47 Å². The van der Waals surface area contributed by atoms with E-state index in [9.17, 15) is 14.4 Å². The number of nitrogens with one attached hydrogen (secondary N) is 1. The zero-order chi connectivity index (χ0) is 20.1. The molecule has 0 saturated heterocycles. The molecule has 0 radical (unpaired) electrons. The number of aryl methyl sites for hydroxylation is 1. The van der Waals surface area contributed by atoms with E-state index in [0.717, 1.165) is 0 Å². The predicted octanol–water partition coefficient (Wildman–Crippen LogP) is 2.73. The van der Waals surface area contributed by atoms with Crippen molar-refractivity contribution in [3.8, 4) is 5.75 Å². The van der Waals surface area contributed by atoms with E-state index in [1.165, 1.54) is 4.57 Å². The fourth-order valence-electron chi connectivity index (χ4n) is 2.78. The maximum absolute atomic E-state index is 12.3. The molecule has 0 spiro atoms. The second-order valence-electron chi connectivity index (χ2n) is 6.05. The van der Waals surface area contributed by atoms with Gasteiger partial charge in [-0.05, 0) is 37.3 Å². The van der Waals surface area contributed by atoms with Gasteiger partial charge in [0, 0.05) is 18.6 Å². The number of pyridine rings is 1. The molecule has 3 aromatic rings. The Morgan fingerprint density at radius 2 is 1.82 bits per heavy atom. The molecule has 3 rings (SSSR count). The van der Waals surface area contributed by atoms with Crippen LogP contribution in [0.4, 0.5) is 5.69 Å². The van der Waals surface area contributed by atoms with Crippen molar-refractivity contribution in [1.82, 2.24) is 4.57 Å². The van der Waals surface area contributed by atoms with Gasteiger partial charge in [0.2, 0.25) is 0 Å². The third kappa shape index (κ3) is 4.03. The van der Waals surface area contributed by atoms with Gasteiger partial charge in [0.15, 0.2) is 6.61 Å². The molecule has 144 valence electrons. The number of aromatic nitrogens is 1. The number of fused-ring (bicyclic) bond motifs is 1. The van der Waals surface area contributed by atoms with E-state index in [1.54, 1.807) is 68.7 Å². The van der Waals surface area contributed by atoms with Crippen LogP contribution in [0.5, 0.6) is 5.75 Å². The summed E-state index contributed by atoms with van der Waals surface area (Å²) in [6.45, 7) is 1.68. The molecule has 7 nitrogen and oxygen atoms in total. The summed E-state index contributed by atoms with van der Waals surface area (Å²) < 4.78 is 12.1. The van der Waals surface area contributed by atoms with Crippen molar-refractivity contribution < 1.29 is 19.1 Å². The number of para-hydroxylation sites is 1. The van der Waals surface area contributed by atoms with Gasteiger partial charge in [-0.3, -0.25) is 9.59 Å². The van der Waals surface area contributed by atoms with Crippen LogP contribution in [-0.4, -0.2) is 29.7 Å². The molecule has 0 fully saturated rings. The number of anilines is 1. The highest BCUT2D eigenvalue weighted by molar-refractivity contribution is 6.01. The summed E-state index contributed by atoms with van der Waals surface area (Å²) in [5.41, 5.74) is 0.475. The summed E-state index contributed by atoms with van der Waals surface area (Å²) in [7, 11) is 1.67. The first-order valence-corrected chi connectivity index (χ1v) is 8.78. The fourth-order valence-corrected chi connectivity index (χ4v) is 2.78. The van der Waals surface area contributed by atoms with Gasteiger partial charge in [-0.25, -0.2) is 4.79 Å². The summed E-state index contributed by atoms with van der Waals surface area (Å²) in [5.74, 6) is -0.508. The third-order valence-electron chi connectivity index (χ3n) is 4.14. The average Bonchev–Trinajstić information content (AvgIpc) is 2.70. The molecule has 2 aromatic carbocycles. The average molecular weight is 380 g/mol. The normalized spacial score (nSPS) is 10.5. The number of benzene rings is 2. The van der Waals surface area contributed by atoms with Crippen molar-refractivity contribution in [3.05, 3.63) is 70.6 Å². The number of ether oxygens (including phenoxy) is 2. The van der Waals surface area contributed by atoms with Crippen LogP contribution in [0, 0.1) is 0 Å². The van der Waals surface area contributed by atoms with Crippen LogP contribution in [-0.2, 0) is 16.6 Å². The fraction of sp³-hybridized carbons (Fsp3) is 0.190. The maximum atomic E-state index is 12.3. The van der Waals surface area contributed by atoms with Crippen LogP contribution in [0.25, 0.3) is 10.8 Å². The van der Waals surface area contributed by atoms with Crippen LogP contribution < -0.4 is 15.6 Å². The Bertz CT molecular complexity index is 1090. The molecule has 0 aliphatic rings. The number of carbonyl (C=O) groups is 2. The summed E-state index contributed by atoms with van der Waals surface area (Å²) >= 11 is 0. The quantitative estimate of drug-likeness (QED) is 0.665. The van der Waals surface area contributed by atoms with Gasteiger partial charge in [0.25, 0.3) is 11.5 Å². The number of rotatable bonds is 6. The Balaban J connectivity index is 1.74. The van der Waals surface area contributed by atoms with Crippen molar-refractivity contribution >= 4 is 28.3 Å². The van der Waals surface area contributed by atoms with E-state index in [-0.39, 0.29) is 24.3 Å². The molecule has 0 aliphatic carbocycles. The van der Waals surface area contributed by atoms with E-state index in [1.807, 2.05) is 0 Å². The summed E-state index contributed by atoms with van der Waals surface area (Å²) in [6.07, 6.45) is 1.65. The molecule has 1 heterocycles. The predicted molar refractivity (Wildman–Crippen MR) is 106 cm³/mol. The van der Waals surface area contributed by atoms with Crippen molar-refractivity contribution in [2.75, 3.05) is 18.5 Å². The highest BCUT2D eigenvalue weighted by Crippen LogP contribution is 2.23. The Morgan fingerprint density at radius 3 is 2.61 bits per heavy atom. The minimum atomic E-state index is -0.510. The van der Waals surface area contributed by atoms with E-state index < -0.39 is 11.9 Å². The van der Waals surface area contributed by atoms with Gasteiger partial charge in [-0.2, -0.15) is 0 Å². The molecule has 0 aliphatic heterocycles. The molecule has 1 N–H and O–H groups in total. The lowest BCUT2D eigenvalue weighted by molar-refractivity contribution is -0.118. The summed E-state index contributed by atoms with van der Waals surface area (Å²) in [4.78, 5) is 36.5. The molecule has 7 heteroatoms. The highest BCUT2D eigenvalue weighted by atomic mass is 16.5. The van der Waals surface area contributed by atoms with Gasteiger partial charge in [0.05, 0.1) is 23.2 Å². The number of hydrogen-bond acceptors (Lipinski definition) is 5. The molecule has 1 aromatic heterocycles. The zero-order valence-electron chi connectivity index (χ0n) is 15.6. The smallest absolute Gasteiger partial charge is 0.340 e. The van der Waals surface area contributed by atoms with Crippen molar-refractivity contribution in [3.63, 3.8) is 0 Å². The molecular weight excluding hydrogens is 360 g/mol. The van der Waals surface area contributed by atoms with E-state index >= 15 is 0 Å². The van der Waals surface area contributed by atoms with Crippen molar-refractivity contribution in [2.45, 2.75) is 6.92 Å². The Morgan fingerprint density at radius 1 is 1.04 bits per heavy atom. The Kier molecular flexibility index (Phi) is 5.74. The van der Waals surface area contributed by atoms with Gasteiger partial charge in [0.1, 0.15) is 5.75 Å². The van der Waals surface area contributed by atoms with Gasteiger partial charge in [-0.15, -0.1) is 0 Å². The van der Waals surface area contributed by atoms with Crippen LogP contribution in [0.3, 0.4) is 0 Å². The first-order chi connectivity index (χ1) is 13.5. The van der Waals surface area contributed by atoms with Crippen LogP contribution in [0.1, 0.15) is 17.3 Å². The molecule has 0 atom stereocenters. The lowest BCUT2D eigenvalue weighted by Gasteiger charge is -2.12. The van der Waals surface area contributed by atoms with Crippen molar-refractivity contribution in [1.29, 1.82) is 0 Å². The van der Waals surface area contributed by atoms with E-state index in [0.29, 0.717) is 22.2 Å². The number of hydrogen-bond donors (Lipinski definition) is 1. The van der Waals surface area contributed by atoms with Gasteiger partial charge in [-0.1, -0.05) is 18.2 Å². The number of esters is 1. The second kappa shape index (κ2) is 8.39. The first kappa shape index (κ1) is 19.2. The second-order valence-corrected chi connectivity index (χ2v) is 6.05. The monoisotopic (exact) mass is 380 g/mol. The molecule has 28 heavy (non-hydrogen) atoms. The van der Waals surface area contributed by atoms with E-state index in [2.05, 4.69) is 5.32 Å². The van der Waals surface area contributed by atoms with Crippen LogP contribution in [0.15, 0.2) is 59.5 Å². The largest absolute Gasteiger partial charge is 0.483 e. The van der Waals surface area contributed by atoms with Gasteiger partial charge >= 0.3 is 5.97 Å². The summed E-state index contributed by atoms with van der Waals surface area (Å²) in [5, 5.41) is 3.80. The lowest BCUT2D eigenvalue weighted by atomic mass is 10.1. The topological polar surface area (TPSA) is 86.6 Å². The Labute approximate surface area is 161 Å². The number of nitrogens with zero attached hydrogens (tertiary/aromatic N) is 1. The number of carbonyl (C=O) groups excluding carboxylic acids is 2. The first-order valence-electron chi connectivity index (χ1n) is 8.78. The molecule has 0 bridgehead atoms. The molecule has 1 amide bonds. The van der Waals surface area contributed by atoms with Crippen LogP contribution in [0.2, 0.25) is 0 Å². The van der Waals surface area contributed by atoms with Crippen LogP contribution >= 0.6 is 0 Å². The molecule has 0 unspecified atom stereocenters. The lowest BCUT2D eigenvalue weighted by Crippen LogP contribution is -2.22. The SMILES string of the molecule is CCOC(=O)c1ccccc1NC(=O)COc1cccc2c(=O)n(C)ccc12. The zero-order valence-corrected chi connectivity index (χ0v) is 15.6. The molecular formula is C21H20N2O5. The minimum Gasteiger partial charge on any atom is -0.483 e. The number of amides is 1. The van der Waals surface area contributed by atoms with Gasteiger partial charge < -0.3 is 19.4 Å². The third-order valence-corrected chi connectivity index (χ3v) is 4.14. The minimum absolute atomic E-state index is 0.143. The highest BCUT2D eigenvalue weighted by Gasteiger charge is 2.14. The molecule has 0 saturated carbocycles. The maximum Gasteiger partial charge on any atom is 0.340 e. The standard InChI is InChI=1S/C21H20N2O5/c1-3-27-21(26)16-7-4-5-9-17(16)22-19(24)13-28-18-10-6-8-15-14(18)11-12-23(2)20(15)25/h4-12H,3,13H2,1-2H3,(H,22,24). The van der Waals surface area contributed by atoms with Crippen molar-refractivity contribution in [2.24, 2.45) is 7.05 Å².